The number of aliphatic hydroxyl groups excluding tert-OH is 1. The van der Waals surface area contributed by atoms with E-state index >= 15 is 0 Å². The first kappa shape index (κ1) is 13.3. The number of benzene rings is 1. The maximum atomic E-state index is 8.92. The molecule has 1 saturated heterocycles. The molecule has 0 amide bonds. The first-order valence-corrected chi connectivity index (χ1v) is 6.42. The van der Waals surface area contributed by atoms with Crippen molar-refractivity contribution in [3.05, 3.63) is 29.8 Å². The van der Waals surface area contributed by atoms with Crippen LogP contribution in [0, 0.1) is 6.92 Å². The van der Waals surface area contributed by atoms with Gasteiger partial charge in [0.1, 0.15) is 18.5 Å². The summed E-state index contributed by atoms with van der Waals surface area (Å²) in [5, 5.41) is 8.92. The van der Waals surface area contributed by atoms with Gasteiger partial charge in [-0.3, -0.25) is 4.90 Å². The molecule has 4 heteroatoms. The minimum Gasteiger partial charge on any atom is -0.491 e. The van der Waals surface area contributed by atoms with E-state index in [0.29, 0.717) is 19.8 Å². The third-order valence-corrected chi connectivity index (χ3v) is 3.10. The second-order valence-electron chi connectivity index (χ2n) is 4.64. The summed E-state index contributed by atoms with van der Waals surface area (Å²) in [5.41, 5.74) is 1.23. The van der Waals surface area contributed by atoms with Gasteiger partial charge in [0.2, 0.25) is 0 Å². The van der Waals surface area contributed by atoms with Crippen LogP contribution in [0.5, 0.6) is 5.75 Å². The lowest BCUT2D eigenvalue weighted by atomic mass is 10.2. The van der Waals surface area contributed by atoms with E-state index < -0.39 is 0 Å². The molecule has 1 aliphatic heterocycles. The van der Waals surface area contributed by atoms with Gasteiger partial charge in [0, 0.05) is 19.6 Å². The van der Waals surface area contributed by atoms with Gasteiger partial charge in [0.05, 0.1) is 13.2 Å². The van der Waals surface area contributed by atoms with Gasteiger partial charge in [-0.1, -0.05) is 17.7 Å². The quantitative estimate of drug-likeness (QED) is 0.850. The van der Waals surface area contributed by atoms with Crippen molar-refractivity contribution in [1.82, 2.24) is 4.90 Å². The number of ether oxygens (including phenoxy) is 2. The molecule has 1 fully saturated rings. The molecule has 1 aliphatic rings. The van der Waals surface area contributed by atoms with Crippen LogP contribution in [0.4, 0.5) is 0 Å². The zero-order valence-corrected chi connectivity index (χ0v) is 10.8. The minimum absolute atomic E-state index is 0.0894. The van der Waals surface area contributed by atoms with E-state index in [1.807, 2.05) is 24.3 Å². The van der Waals surface area contributed by atoms with Crippen molar-refractivity contribution >= 4 is 0 Å². The van der Waals surface area contributed by atoms with Crippen molar-refractivity contribution < 1.29 is 14.6 Å². The Morgan fingerprint density at radius 2 is 2.17 bits per heavy atom. The smallest absolute Gasteiger partial charge is 0.119 e. The number of rotatable bonds is 5. The summed E-state index contributed by atoms with van der Waals surface area (Å²) >= 11 is 0. The highest BCUT2D eigenvalue weighted by molar-refractivity contribution is 5.26. The van der Waals surface area contributed by atoms with Crippen LogP contribution in [-0.4, -0.2) is 55.6 Å². The molecule has 1 atom stereocenters. The highest BCUT2D eigenvalue weighted by Crippen LogP contribution is 2.13. The van der Waals surface area contributed by atoms with E-state index in [9.17, 15) is 0 Å². The van der Waals surface area contributed by atoms with Gasteiger partial charge in [-0.2, -0.15) is 0 Å². The second-order valence-corrected chi connectivity index (χ2v) is 4.64. The zero-order chi connectivity index (χ0) is 12.8. The molecule has 0 saturated carbocycles. The summed E-state index contributed by atoms with van der Waals surface area (Å²) in [6.07, 6.45) is 0.0894. The van der Waals surface area contributed by atoms with E-state index in [-0.39, 0.29) is 12.7 Å². The number of aryl methyl sites for hydroxylation is 1. The van der Waals surface area contributed by atoms with Crippen LogP contribution in [-0.2, 0) is 4.74 Å². The van der Waals surface area contributed by atoms with E-state index in [0.717, 1.165) is 18.8 Å². The summed E-state index contributed by atoms with van der Waals surface area (Å²) in [5.74, 6) is 0.878. The number of aliphatic hydroxyl groups is 1. The first-order chi connectivity index (χ1) is 8.78. The summed E-state index contributed by atoms with van der Waals surface area (Å²) in [4.78, 5) is 2.20. The molecule has 0 unspecified atom stereocenters. The zero-order valence-electron chi connectivity index (χ0n) is 10.8. The van der Waals surface area contributed by atoms with Crippen LogP contribution in [0.25, 0.3) is 0 Å². The fourth-order valence-electron chi connectivity index (χ4n) is 2.05. The van der Waals surface area contributed by atoms with Crippen LogP contribution in [0.15, 0.2) is 24.3 Å². The molecule has 2 rings (SSSR count). The first-order valence-electron chi connectivity index (χ1n) is 6.42. The maximum Gasteiger partial charge on any atom is 0.119 e. The predicted octanol–water partition coefficient (Wildman–Crippen LogP) is 1.07. The van der Waals surface area contributed by atoms with Gasteiger partial charge >= 0.3 is 0 Å². The molecule has 100 valence electrons. The van der Waals surface area contributed by atoms with Gasteiger partial charge in [-0.25, -0.2) is 0 Å². The Morgan fingerprint density at radius 3 is 2.89 bits per heavy atom. The van der Waals surface area contributed by atoms with E-state index in [4.69, 9.17) is 14.6 Å². The Balaban J connectivity index is 1.77. The van der Waals surface area contributed by atoms with Crippen molar-refractivity contribution in [2.24, 2.45) is 0 Å². The van der Waals surface area contributed by atoms with E-state index in [1.165, 1.54) is 5.56 Å². The van der Waals surface area contributed by atoms with Crippen LogP contribution >= 0.6 is 0 Å². The highest BCUT2D eigenvalue weighted by Gasteiger charge is 2.20. The standard InChI is InChI=1S/C14H21NO3/c1-12-2-4-13(5-3-12)18-11-14-10-15(6-8-16)7-9-17-14/h2-5,14,16H,6-11H2,1H3/t14-/m0/s1. The molecule has 0 bridgehead atoms. The summed E-state index contributed by atoms with van der Waals surface area (Å²) < 4.78 is 11.4. The maximum absolute atomic E-state index is 8.92. The Bertz CT molecular complexity index is 351. The molecular weight excluding hydrogens is 230 g/mol. The molecule has 0 aliphatic carbocycles. The molecule has 0 spiro atoms. The number of β-amino-alcohol motifs (C(OH)–C–C–N with tert-alkyl or cyclic N) is 1. The van der Waals surface area contributed by atoms with Crippen molar-refractivity contribution in [2.75, 3.05) is 39.5 Å². The summed E-state index contributed by atoms with van der Waals surface area (Å²) in [7, 11) is 0. The average molecular weight is 251 g/mol. The molecule has 1 aromatic rings. The number of hydrogen-bond donors (Lipinski definition) is 1. The van der Waals surface area contributed by atoms with Crippen molar-refractivity contribution in [3.63, 3.8) is 0 Å². The molecule has 0 aromatic heterocycles. The fourth-order valence-corrected chi connectivity index (χ4v) is 2.05. The van der Waals surface area contributed by atoms with Crippen LogP contribution in [0.1, 0.15) is 5.56 Å². The van der Waals surface area contributed by atoms with Crippen LogP contribution in [0.3, 0.4) is 0 Å². The monoisotopic (exact) mass is 251 g/mol. The van der Waals surface area contributed by atoms with E-state index in [2.05, 4.69) is 11.8 Å². The largest absolute Gasteiger partial charge is 0.491 e. The van der Waals surface area contributed by atoms with Gasteiger partial charge in [0.15, 0.2) is 0 Å². The number of morpholine rings is 1. The highest BCUT2D eigenvalue weighted by atomic mass is 16.5. The number of hydrogen-bond acceptors (Lipinski definition) is 4. The molecule has 0 radical (unpaired) electrons. The topological polar surface area (TPSA) is 41.9 Å². The Labute approximate surface area is 108 Å². The normalized spacial score (nSPS) is 20.9. The summed E-state index contributed by atoms with van der Waals surface area (Å²) in [6.45, 7) is 5.96. The minimum atomic E-state index is 0.0894. The average Bonchev–Trinajstić information content (AvgIpc) is 2.39. The molecule has 18 heavy (non-hydrogen) atoms. The van der Waals surface area contributed by atoms with Gasteiger partial charge < -0.3 is 14.6 Å². The van der Waals surface area contributed by atoms with Crippen LogP contribution < -0.4 is 4.74 Å². The number of nitrogens with zero attached hydrogens (tertiary/aromatic N) is 1. The van der Waals surface area contributed by atoms with Gasteiger partial charge in [-0.15, -0.1) is 0 Å². The molecule has 1 aromatic carbocycles. The SMILES string of the molecule is Cc1ccc(OC[C@@H]2CN(CCO)CCO2)cc1. The lowest BCUT2D eigenvalue weighted by Crippen LogP contribution is -2.45. The summed E-state index contributed by atoms with van der Waals surface area (Å²) in [6, 6.07) is 8.03. The Morgan fingerprint density at radius 1 is 1.39 bits per heavy atom. The molecule has 1 heterocycles. The molecule has 4 nitrogen and oxygen atoms in total. The Hall–Kier alpha value is -1.10. The third kappa shape index (κ3) is 3.98. The lowest BCUT2D eigenvalue weighted by Gasteiger charge is -2.32. The van der Waals surface area contributed by atoms with Crippen molar-refractivity contribution in [2.45, 2.75) is 13.0 Å². The molecular formula is C14H21NO3. The third-order valence-electron chi connectivity index (χ3n) is 3.10. The second kappa shape index (κ2) is 6.73. The van der Waals surface area contributed by atoms with Gasteiger partial charge in [0.25, 0.3) is 0 Å². The van der Waals surface area contributed by atoms with Crippen molar-refractivity contribution in [1.29, 1.82) is 0 Å². The van der Waals surface area contributed by atoms with Crippen molar-refractivity contribution in [3.8, 4) is 5.75 Å². The lowest BCUT2D eigenvalue weighted by molar-refractivity contribution is -0.0508. The Kier molecular flexibility index (Phi) is 4.99. The van der Waals surface area contributed by atoms with E-state index in [1.54, 1.807) is 0 Å². The molecule has 1 N–H and O–H groups in total. The predicted molar refractivity (Wildman–Crippen MR) is 69.9 cm³/mol. The van der Waals surface area contributed by atoms with Crippen LogP contribution in [0.2, 0.25) is 0 Å². The fraction of sp³-hybridized carbons (Fsp3) is 0.571. The van der Waals surface area contributed by atoms with Gasteiger partial charge in [-0.05, 0) is 19.1 Å².